The van der Waals surface area contributed by atoms with E-state index in [-0.39, 0.29) is 5.97 Å². The summed E-state index contributed by atoms with van der Waals surface area (Å²) >= 11 is 11.4. The SMILES string of the molecule is CCCCOC(=O)C1=C(C)Nc2nc(SCc3ccccc3Cl)nn2C1c1ccc(OC)c(Br)c1. The van der Waals surface area contributed by atoms with Gasteiger partial charge in [0.25, 0.3) is 0 Å². The van der Waals surface area contributed by atoms with Crippen LogP contribution in [0.4, 0.5) is 5.95 Å². The highest BCUT2D eigenvalue weighted by atomic mass is 79.9. The lowest BCUT2D eigenvalue weighted by Crippen LogP contribution is -2.29. The van der Waals surface area contributed by atoms with Crippen LogP contribution in [0.15, 0.2) is 63.4 Å². The van der Waals surface area contributed by atoms with Gasteiger partial charge in [-0.2, -0.15) is 4.98 Å². The molecule has 0 bridgehead atoms. The standard InChI is InChI=1S/C25H26BrClN4O3S/c1-4-5-12-34-23(32)21-15(2)28-24-29-25(35-14-17-8-6-7-9-19(17)27)30-31(24)22(21)16-10-11-20(33-3)18(26)13-16/h6-11,13,22H,4-5,12,14H2,1-3H3,(H,28,29,30). The Labute approximate surface area is 222 Å². The fourth-order valence-electron chi connectivity index (χ4n) is 3.76. The van der Waals surface area contributed by atoms with Crippen LogP contribution in [0.3, 0.4) is 0 Å². The van der Waals surface area contributed by atoms with Gasteiger partial charge in [-0.15, -0.1) is 5.10 Å². The lowest BCUT2D eigenvalue weighted by atomic mass is 9.95. The number of methoxy groups -OCH3 is 1. The van der Waals surface area contributed by atoms with E-state index in [9.17, 15) is 4.79 Å². The number of rotatable bonds is 9. The Morgan fingerprint density at radius 3 is 2.80 bits per heavy atom. The van der Waals surface area contributed by atoms with Crippen molar-refractivity contribution in [1.82, 2.24) is 14.8 Å². The molecule has 1 unspecified atom stereocenters. The first-order chi connectivity index (χ1) is 16.9. The van der Waals surface area contributed by atoms with Gasteiger partial charge in [0.1, 0.15) is 11.8 Å². The van der Waals surface area contributed by atoms with Gasteiger partial charge >= 0.3 is 5.97 Å². The number of halogens is 2. The number of anilines is 1. The summed E-state index contributed by atoms with van der Waals surface area (Å²) < 4.78 is 13.5. The lowest BCUT2D eigenvalue weighted by Gasteiger charge is -2.28. The van der Waals surface area contributed by atoms with Crippen LogP contribution in [0.25, 0.3) is 0 Å². The Balaban J connectivity index is 1.70. The number of nitrogens with zero attached hydrogens (tertiary/aromatic N) is 3. The van der Waals surface area contributed by atoms with Gasteiger partial charge in [-0.3, -0.25) is 0 Å². The van der Waals surface area contributed by atoms with Crippen molar-refractivity contribution in [3.05, 3.63) is 74.4 Å². The fourth-order valence-corrected chi connectivity index (χ4v) is 5.44. The molecule has 0 aliphatic carbocycles. The van der Waals surface area contributed by atoms with E-state index in [4.69, 9.17) is 26.2 Å². The van der Waals surface area contributed by atoms with Gasteiger partial charge in [-0.1, -0.05) is 61.0 Å². The molecule has 1 atom stereocenters. The Bertz CT molecular complexity index is 1260. The third-order valence-corrected chi connectivity index (χ3v) is 7.47. The number of esters is 1. The summed E-state index contributed by atoms with van der Waals surface area (Å²) in [6.07, 6.45) is 1.75. The van der Waals surface area contributed by atoms with Crippen LogP contribution < -0.4 is 10.1 Å². The van der Waals surface area contributed by atoms with E-state index in [0.717, 1.165) is 28.4 Å². The van der Waals surface area contributed by atoms with Crippen LogP contribution in [0, 0.1) is 0 Å². The number of allylic oxidation sites excluding steroid dienone is 1. The predicted molar refractivity (Wildman–Crippen MR) is 142 cm³/mol. The molecule has 2 heterocycles. The second-order valence-electron chi connectivity index (χ2n) is 7.99. The zero-order valence-corrected chi connectivity index (χ0v) is 22.8. The molecule has 1 N–H and O–H groups in total. The molecule has 1 aromatic heterocycles. The lowest BCUT2D eigenvalue weighted by molar-refractivity contribution is -0.139. The van der Waals surface area contributed by atoms with Crippen molar-refractivity contribution in [2.45, 2.75) is 43.6 Å². The smallest absolute Gasteiger partial charge is 0.338 e. The van der Waals surface area contributed by atoms with Crippen LogP contribution in [0.1, 0.15) is 43.9 Å². The summed E-state index contributed by atoms with van der Waals surface area (Å²) in [6.45, 7) is 4.28. The number of unbranched alkanes of at least 4 members (excludes halogenated alkanes) is 1. The van der Waals surface area contributed by atoms with Crippen molar-refractivity contribution in [2.24, 2.45) is 0 Å². The minimum absolute atomic E-state index is 0.369. The molecular weight excluding hydrogens is 552 g/mol. The molecule has 0 fully saturated rings. The third kappa shape index (κ3) is 5.68. The molecule has 0 saturated carbocycles. The average Bonchev–Trinajstić information content (AvgIpc) is 3.25. The van der Waals surface area contributed by atoms with Crippen molar-refractivity contribution in [3.63, 3.8) is 0 Å². The molecule has 184 valence electrons. The molecule has 0 amide bonds. The van der Waals surface area contributed by atoms with E-state index >= 15 is 0 Å². The van der Waals surface area contributed by atoms with Crippen molar-refractivity contribution in [3.8, 4) is 5.75 Å². The monoisotopic (exact) mass is 576 g/mol. The Hall–Kier alpha value is -2.49. The van der Waals surface area contributed by atoms with E-state index in [0.29, 0.717) is 45.5 Å². The minimum atomic E-state index is -0.509. The summed E-state index contributed by atoms with van der Waals surface area (Å²) in [5, 5.41) is 9.29. The second-order valence-corrected chi connectivity index (χ2v) is 10.2. The highest BCUT2D eigenvalue weighted by Gasteiger charge is 2.35. The maximum absolute atomic E-state index is 13.2. The van der Waals surface area contributed by atoms with E-state index in [2.05, 4.69) is 33.2 Å². The molecular formula is C25H26BrClN4O3S. The zero-order valence-electron chi connectivity index (χ0n) is 19.7. The summed E-state index contributed by atoms with van der Waals surface area (Å²) in [5.74, 6) is 1.52. The van der Waals surface area contributed by atoms with E-state index in [1.54, 1.807) is 11.8 Å². The number of fused-ring (bicyclic) bond motifs is 1. The van der Waals surface area contributed by atoms with E-state index in [1.165, 1.54) is 11.8 Å². The van der Waals surface area contributed by atoms with Crippen LogP contribution in [-0.4, -0.2) is 34.5 Å². The number of ether oxygens (including phenoxy) is 2. The molecule has 4 rings (SSSR count). The fraction of sp³-hybridized carbons (Fsp3) is 0.320. The summed E-state index contributed by atoms with van der Waals surface area (Å²) in [5.41, 5.74) is 3.05. The van der Waals surface area contributed by atoms with Crippen molar-refractivity contribution in [2.75, 3.05) is 19.0 Å². The molecule has 10 heteroatoms. The molecule has 0 spiro atoms. The molecule has 1 aliphatic rings. The van der Waals surface area contributed by atoms with Gasteiger partial charge in [-0.05, 0) is 58.6 Å². The number of hydrogen-bond donors (Lipinski definition) is 1. The number of carbonyl (C=O) groups excluding carboxylic acids is 1. The Kier molecular flexibility index (Phi) is 8.41. The van der Waals surface area contributed by atoms with Crippen LogP contribution >= 0.6 is 39.3 Å². The topological polar surface area (TPSA) is 78.3 Å². The number of aromatic nitrogens is 3. The number of hydrogen-bond acceptors (Lipinski definition) is 7. The highest BCUT2D eigenvalue weighted by molar-refractivity contribution is 9.10. The molecule has 1 aliphatic heterocycles. The molecule has 3 aromatic rings. The molecule has 0 radical (unpaired) electrons. The van der Waals surface area contributed by atoms with Crippen molar-refractivity contribution >= 4 is 51.2 Å². The van der Waals surface area contributed by atoms with E-state index in [1.807, 2.05) is 49.4 Å². The first kappa shape index (κ1) is 25.6. The number of nitrogens with one attached hydrogen (secondary N) is 1. The van der Waals surface area contributed by atoms with Gasteiger partial charge in [0.2, 0.25) is 11.1 Å². The zero-order chi connectivity index (χ0) is 24.9. The van der Waals surface area contributed by atoms with Gasteiger partial charge in [0.15, 0.2) is 0 Å². The summed E-state index contributed by atoms with van der Waals surface area (Å²) in [6, 6.07) is 12.9. The summed E-state index contributed by atoms with van der Waals surface area (Å²) in [4.78, 5) is 17.9. The van der Waals surface area contributed by atoms with Gasteiger partial charge < -0.3 is 14.8 Å². The number of carbonyl (C=O) groups is 1. The Morgan fingerprint density at radius 2 is 2.09 bits per heavy atom. The third-order valence-electron chi connectivity index (χ3n) is 5.59. The highest BCUT2D eigenvalue weighted by Crippen LogP contribution is 2.39. The maximum Gasteiger partial charge on any atom is 0.338 e. The molecule has 2 aromatic carbocycles. The maximum atomic E-state index is 13.2. The van der Waals surface area contributed by atoms with Crippen molar-refractivity contribution < 1.29 is 14.3 Å². The first-order valence-electron chi connectivity index (χ1n) is 11.2. The van der Waals surface area contributed by atoms with Gasteiger partial charge in [-0.25, -0.2) is 9.48 Å². The van der Waals surface area contributed by atoms with Crippen molar-refractivity contribution in [1.29, 1.82) is 0 Å². The van der Waals surface area contributed by atoms with Crippen LogP contribution in [0.2, 0.25) is 5.02 Å². The van der Waals surface area contributed by atoms with Gasteiger partial charge in [0.05, 0.1) is 23.8 Å². The predicted octanol–water partition coefficient (Wildman–Crippen LogP) is 6.63. The molecule has 35 heavy (non-hydrogen) atoms. The van der Waals surface area contributed by atoms with Crippen LogP contribution in [-0.2, 0) is 15.3 Å². The summed E-state index contributed by atoms with van der Waals surface area (Å²) in [7, 11) is 1.61. The quantitative estimate of drug-likeness (QED) is 0.174. The normalized spacial score (nSPS) is 14.9. The second kappa shape index (κ2) is 11.5. The van der Waals surface area contributed by atoms with E-state index < -0.39 is 6.04 Å². The minimum Gasteiger partial charge on any atom is -0.496 e. The van der Waals surface area contributed by atoms with Crippen LogP contribution in [0.5, 0.6) is 5.75 Å². The average molecular weight is 578 g/mol. The largest absolute Gasteiger partial charge is 0.496 e. The number of thioether (sulfide) groups is 1. The molecule has 7 nitrogen and oxygen atoms in total. The first-order valence-corrected chi connectivity index (χ1v) is 13.4. The number of benzene rings is 2. The van der Waals surface area contributed by atoms with Gasteiger partial charge in [0, 0.05) is 16.5 Å². The molecule has 0 saturated heterocycles. The Morgan fingerprint density at radius 1 is 1.29 bits per heavy atom.